The first-order valence-electron chi connectivity index (χ1n) is 9.15. The number of hydrogen-bond acceptors (Lipinski definition) is 4. The molecule has 0 fully saturated rings. The lowest BCUT2D eigenvalue weighted by Gasteiger charge is -2.27. The fraction of sp³-hybridized carbons (Fsp3) is 0.273. The van der Waals surface area contributed by atoms with Gasteiger partial charge in [-0.15, -0.1) is 0 Å². The molecule has 6 heteroatoms. The summed E-state index contributed by atoms with van der Waals surface area (Å²) in [6.45, 7) is 6.00. The van der Waals surface area contributed by atoms with E-state index in [1.165, 1.54) is 4.68 Å². The van der Waals surface area contributed by atoms with Gasteiger partial charge in [0, 0.05) is 18.0 Å². The topological polar surface area (TPSA) is 79.0 Å². The molecular weight excluding hydrogens is 352 g/mol. The molecule has 0 radical (unpaired) electrons. The zero-order valence-corrected chi connectivity index (χ0v) is 16.2. The highest BCUT2D eigenvalue weighted by Crippen LogP contribution is 2.13. The van der Waals surface area contributed by atoms with Gasteiger partial charge in [-0.1, -0.05) is 30.3 Å². The molecule has 0 aliphatic carbocycles. The van der Waals surface area contributed by atoms with E-state index in [2.05, 4.69) is 11.2 Å². The SMILES string of the molecule is Cc1nn(CC(=O)N(Cc2ccc(C#N)cc2)C(C)C)c(=O)c2ccccc12. The van der Waals surface area contributed by atoms with Gasteiger partial charge in [0.1, 0.15) is 6.54 Å². The quantitative estimate of drug-likeness (QED) is 0.688. The van der Waals surface area contributed by atoms with Gasteiger partial charge >= 0.3 is 0 Å². The third-order valence-electron chi connectivity index (χ3n) is 4.72. The van der Waals surface area contributed by atoms with Crippen molar-refractivity contribution in [2.24, 2.45) is 0 Å². The van der Waals surface area contributed by atoms with Gasteiger partial charge in [0.05, 0.1) is 22.7 Å². The zero-order valence-electron chi connectivity index (χ0n) is 16.2. The van der Waals surface area contributed by atoms with E-state index >= 15 is 0 Å². The van der Waals surface area contributed by atoms with Crippen LogP contribution in [0.3, 0.4) is 0 Å². The maximum absolute atomic E-state index is 13.0. The van der Waals surface area contributed by atoms with Crippen molar-refractivity contribution in [1.29, 1.82) is 5.26 Å². The monoisotopic (exact) mass is 374 g/mol. The molecule has 0 spiro atoms. The molecule has 2 aromatic carbocycles. The van der Waals surface area contributed by atoms with Crippen LogP contribution in [0, 0.1) is 18.3 Å². The van der Waals surface area contributed by atoms with Gasteiger partial charge in [-0.2, -0.15) is 10.4 Å². The van der Waals surface area contributed by atoms with Crippen LogP contribution in [0.2, 0.25) is 0 Å². The van der Waals surface area contributed by atoms with E-state index in [1.54, 1.807) is 29.2 Å². The minimum atomic E-state index is -0.267. The summed E-state index contributed by atoms with van der Waals surface area (Å²) in [5.74, 6) is -0.177. The number of aromatic nitrogens is 2. The number of rotatable bonds is 5. The third-order valence-corrected chi connectivity index (χ3v) is 4.72. The van der Waals surface area contributed by atoms with Gasteiger partial charge in [0.2, 0.25) is 5.91 Å². The number of nitriles is 1. The first-order valence-corrected chi connectivity index (χ1v) is 9.15. The molecule has 3 rings (SSSR count). The average molecular weight is 374 g/mol. The van der Waals surface area contributed by atoms with Crippen molar-refractivity contribution in [3.05, 3.63) is 75.7 Å². The summed E-state index contributed by atoms with van der Waals surface area (Å²) in [5.41, 5.74) is 1.95. The largest absolute Gasteiger partial charge is 0.334 e. The highest BCUT2D eigenvalue weighted by atomic mass is 16.2. The predicted molar refractivity (Wildman–Crippen MR) is 108 cm³/mol. The van der Waals surface area contributed by atoms with Crippen molar-refractivity contribution >= 4 is 16.7 Å². The van der Waals surface area contributed by atoms with Crippen LogP contribution in [0.5, 0.6) is 0 Å². The number of aryl methyl sites for hydroxylation is 1. The van der Waals surface area contributed by atoms with Crippen LogP contribution in [0.1, 0.15) is 30.7 Å². The molecular formula is C22H22N4O2. The van der Waals surface area contributed by atoms with Crippen LogP contribution in [0.4, 0.5) is 0 Å². The Morgan fingerprint density at radius 2 is 1.79 bits per heavy atom. The number of benzene rings is 2. The van der Waals surface area contributed by atoms with E-state index < -0.39 is 0 Å². The lowest BCUT2D eigenvalue weighted by molar-refractivity contribution is -0.134. The standard InChI is InChI=1S/C22H22N4O2/c1-15(2)25(13-18-10-8-17(12-23)9-11-18)21(27)14-26-22(28)20-7-5-4-6-19(20)16(3)24-26/h4-11,15H,13-14H2,1-3H3. The van der Waals surface area contributed by atoms with Gasteiger partial charge in [-0.25, -0.2) is 4.68 Å². The van der Waals surface area contributed by atoms with Crippen molar-refractivity contribution in [2.75, 3.05) is 0 Å². The fourth-order valence-electron chi connectivity index (χ4n) is 3.17. The second-order valence-electron chi connectivity index (χ2n) is 7.02. The molecule has 1 aromatic heterocycles. The first-order chi connectivity index (χ1) is 13.4. The zero-order chi connectivity index (χ0) is 20.3. The molecule has 142 valence electrons. The maximum Gasteiger partial charge on any atom is 0.275 e. The van der Waals surface area contributed by atoms with Gasteiger partial charge < -0.3 is 4.90 Å². The lowest BCUT2D eigenvalue weighted by Crippen LogP contribution is -2.41. The molecule has 0 aliphatic rings. The van der Waals surface area contributed by atoms with Crippen LogP contribution >= 0.6 is 0 Å². The minimum absolute atomic E-state index is 0.0413. The molecule has 6 nitrogen and oxygen atoms in total. The average Bonchev–Trinajstić information content (AvgIpc) is 2.70. The Morgan fingerprint density at radius 1 is 1.14 bits per heavy atom. The summed E-state index contributed by atoms with van der Waals surface area (Å²) in [6.07, 6.45) is 0. The van der Waals surface area contributed by atoms with Gasteiger partial charge in [0.15, 0.2) is 0 Å². The Balaban J connectivity index is 1.86. The summed E-state index contributed by atoms with van der Waals surface area (Å²) >= 11 is 0. The molecule has 0 saturated heterocycles. The molecule has 1 amide bonds. The van der Waals surface area contributed by atoms with Crippen molar-refractivity contribution in [3.63, 3.8) is 0 Å². The number of carbonyl (C=O) groups is 1. The van der Waals surface area contributed by atoms with Gasteiger partial charge in [-0.3, -0.25) is 9.59 Å². The highest BCUT2D eigenvalue weighted by Gasteiger charge is 2.19. The summed E-state index contributed by atoms with van der Waals surface area (Å²) in [5, 5.41) is 14.6. The van der Waals surface area contributed by atoms with E-state index in [0.717, 1.165) is 10.9 Å². The third kappa shape index (κ3) is 3.94. The molecule has 0 aliphatic heterocycles. The number of amides is 1. The normalized spacial score (nSPS) is 10.8. The second-order valence-corrected chi connectivity index (χ2v) is 7.02. The van der Waals surface area contributed by atoms with E-state index in [0.29, 0.717) is 23.2 Å². The number of carbonyl (C=O) groups excluding carboxylic acids is 1. The minimum Gasteiger partial charge on any atom is -0.334 e. The van der Waals surface area contributed by atoms with Crippen molar-refractivity contribution < 1.29 is 4.79 Å². The van der Waals surface area contributed by atoms with E-state index in [-0.39, 0.29) is 24.1 Å². The number of fused-ring (bicyclic) bond motifs is 1. The van der Waals surface area contributed by atoms with E-state index in [9.17, 15) is 9.59 Å². The molecule has 3 aromatic rings. The lowest BCUT2D eigenvalue weighted by atomic mass is 10.1. The van der Waals surface area contributed by atoms with Crippen LogP contribution in [0.25, 0.3) is 10.8 Å². The second kappa shape index (κ2) is 8.05. The van der Waals surface area contributed by atoms with Crippen LogP contribution < -0.4 is 5.56 Å². The molecule has 0 unspecified atom stereocenters. The Hall–Kier alpha value is -3.46. The fourth-order valence-corrected chi connectivity index (χ4v) is 3.17. The Labute approximate surface area is 163 Å². The Kier molecular flexibility index (Phi) is 5.55. The summed E-state index contributed by atoms with van der Waals surface area (Å²) < 4.78 is 1.24. The van der Waals surface area contributed by atoms with Gasteiger partial charge in [0.25, 0.3) is 5.56 Å². The van der Waals surface area contributed by atoms with Crippen LogP contribution in [-0.4, -0.2) is 26.6 Å². The van der Waals surface area contributed by atoms with E-state index in [4.69, 9.17) is 5.26 Å². The predicted octanol–water partition coefficient (Wildman–Crippen LogP) is 3.01. The van der Waals surface area contributed by atoms with Crippen molar-refractivity contribution in [3.8, 4) is 6.07 Å². The molecule has 0 bridgehead atoms. The Morgan fingerprint density at radius 3 is 2.39 bits per heavy atom. The first kappa shape index (κ1) is 19.3. The van der Waals surface area contributed by atoms with Crippen molar-refractivity contribution in [1.82, 2.24) is 14.7 Å². The van der Waals surface area contributed by atoms with E-state index in [1.807, 2.05) is 45.0 Å². The molecule has 1 heterocycles. The number of hydrogen-bond donors (Lipinski definition) is 0. The molecule has 28 heavy (non-hydrogen) atoms. The molecule has 0 atom stereocenters. The van der Waals surface area contributed by atoms with Gasteiger partial charge in [-0.05, 0) is 44.5 Å². The molecule has 0 N–H and O–H groups in total. The molecule has 0 saturated carbocycles. The van der Waals surface area contributed by atoms with Crippen molar-refractivity contribution in [2.45, 2.75) is 39.9 Å². The Bertz CT molecular complexity index is 1110. The smallest absolute Gasteiger partial charge is 0.275 e. The summed E-state index contributed by atoms with van der Waals surface area (Å²) in [7, 11) is 0. The van der Waals surface area contributed by atoms with Crippen LogP contribution in [-0.2, 0) is 17.9 Å². The summed E-state index contributed by atoms with van der Waals surface area (Å²) in [4.78, 5) is 27.4. The highest BCUT2D eigenvalue weighted by molar-refractivity contribution is 5.83. The summed E-state index contributed by atoms with van der Waals surface area (Å²) in [6, 6.07) is 16.5. The maximum atomic E-state index is 13.0. The number of nitrogens with zero attached hydrogens (tertiary/aromatic N) is 4. The van der Waals surface area contributed by atoms with Crippen LogP contribution in [0.15, 0.2) is 53.3 Å².